The Balaban J connectivity index is 3.09. The van der Waals surface area contributed by atoms with Gasteiger partial charge in [-0.1, -0.05) is 33.8 Å². The van der Waals surface area contributed by atoms with Crippen molar-refractivity contribution in [3.8, 4) is 0 Å². The van der Waals surface area contributed by atoms with E-state index in [0.29, 0.717) is 5.92 Å². The lowest BCUT2D eigenvalue weighted by Gasteiger charge is -2.33. The molecule has 0 aliphatic carbocycles. The first kappa shape index (κ1) is 16.7. The Morgan fingerprint density at radius 3 is 1.89 bits per heavy atom. The van der Waals surface area contributed by atoms with Crippen molar-refractivity contribution >= 4 is 7.12 Å². The zero-order valence-electron chi connectivity index (χ0n) is 13.7. The molecule has 0 radical (unpaired) electrons. The van der Waals surface area contributed by atoms with E-state index in [1.165, 1.54) is 0 Å². The fraction of sp³-hybridized carbons (Fsp3) is 0.867. The van der Waals surface area contributed by atoms with Crippen molar-refractivity contribution in [3.05, 3.63) is 11.5 Å². The zero-order chi connectivity index (χ0) is 15.1. The van der Waals surface area contributed by atoms with Gasteiger partial charge in [-0.3, -0.25) is 0 Å². The van der Waals surface area contributed by atoms with Crippen LogP contribution in [0.25, 0.3) is 0 Å². The minimum Gasteiger partial charge on any atom is -0.400 e. The van der Waals surface area contributed by atoms with Crippen LogP contribution >= 0.6 is 0 Å². The third-order valence-corrected chi connectivity index (χ3v) is 5.01. The highest BCUT2D eigenvalue weighted by atomic mass is 16.7. The SMILES string of the molecule is CC(C)C(C)(C)/C(=C/CO)B1OC(C)(C)C(C)(C)O1. The van der Waals surface area contributed by atoms with E-state index in [2.05, 4.69) is 27.7 Å². The van der Waals surface area contributed by atoms with Crippen molar-refractivity contribution in [2.45, 2.75) is 66.6 Å². The van der Waals surface area contributed by atoms with E-state index in [1.54, 1.807) is 0 Å². The minimum atomic E-state index is -0.380. The van der Waals surface area contributed by atoms with Gasteiger partial charge in [0.15, 0.2) is 0 Å². The summed E-state index contributed by atoms with van der Waals surface area (Å²) in [6.07, 6.45) is 1.84. The number of hydrogen-bond donors (Lipinski definition) is 1. The minimum absolute atomic E-state index is 0.00948. The Labute approximate surface area is 118 Å². The molecule has 0 amide bonds. The van der Waals surface area contributed by atoms with E-state index in [9.17, 15) is 5.11 Å². The number of aliphatic hydroxyl groups excluding tert-OH is 1. The summed E-state index contributed by atoms with van der Waals surface area (Å²) in [4.78, 5) is 0. The second-order valence-corrected chi connectivity index (χ2v) is 7.31. The number of rotatable bonds is 4. The summed E-state index contributed by atoms with van der Waals surface area (Å²) in [5, 5.41) is 9.31. The molecule has 1 N–H and O–H groups in total. The normalized spacial score (nSPS) is 23.3. The van der Waals surface area contributed by atoms with E-state index < -0.39 is 0 Å². The second-order valence-electron chi connectivity index (χ2n) is 7.31. The monoisotopic (exact) mass is 268 g/mol. The molecule has 0 bridgehead atoms. The third-order valence-electron chi connectivity index (χ3n) is 5.01. The van der Waals surface area contributed by atoms with Crippen LogP contribution in [0.1, 0.15) is 55.4 Å². The fourth-order valence-corrected chi connectivity index (χ4v) is 2.06. The Bertz CT molecular complexity index is 340. The van der Waals surface area contributed by atoms with Crippen molar-refractivity contribution < 1.29 is 14.4 Å². The molecule has 0 aromatic carbocycles. The molecule has 4 heteroatoms. The lowest BCUT2D eigenvalue weighted by molar-refractivity contribution is 0.00578. The van der Waals surface area contributed by atoms with Crippen molar-refractivity contribution in [2.24, 2.45) is 11.3 Å². The molecule has 0 aromatic heterocycles. The van der Waals surface area contributed by atoms with E-state index in [0.717, 1.165) is 5.47 Å². The summed E-state index contributed by atoms with van der Waals surface area (Å²) in [5.74, 6) is 0.435. The standard InChI is InChI=1S/C15H29BO3/c1-11(2)13(3,4)12(9-10-17)16-18-14(5,6)15(7,8)19-16/h9,11,17H,10H2,1-8H3/b12-9-. The van der Waals surface area contributed by atoms with Crippen molar-refractivity contribution in [1.29, 1.82) is 0 Å². The first-order valence-corrected chi connectivity index (χ1v) is 7.12. The van der Waals surface area contributed by atoms with Gasteiger partial charge in [-0.25, -0.2) is 0 Å². The molecule has 0 atom stereocenters. The molecule has 1 saturated heterocycles. The Kier molecular flexibility index (Phi) is 4.61. The zero-order valence-corrected chi connectivity index (χ0v) is 13.7. The molecule has 1 aliphatic heterocycles. The second kappa shape index (κ2) is 5.23. The van der Waals surface area contributed by atoms with E-state index in [-0.39, 0.29) is 30.3 Å². The predicted octanol–water partition coefficient (Wildman–Crippen LogP) is 3.22. The van der Waals surface area contributed by atoms with Gasteiger partial charge in [-0.15, -0.1) is 0 Å². The van der Waals surface area contributed by atoms with Crippen molar-refractivity contribution in [3.63, 3.8) is 0 Å². The van der Waals surface area contributed by atoms with Gasteiger partial charge < -0.3 is 14.4 Å². The van der Waals surface area contributed by atoms with Gasteiger partial charge in [-0.05, 0) is 44.5 Å². The topological polar surface area (TPSA) is 38.7 Å². The summed E-state index contributed by atoms with van der Waals surface area (Å²) in [7, 11) is -0.380. The quantitative estimate of drug-likeness (QED) is 0.796. The van der Waals surface area contributed by atoms with Crippen LogP contribution in [0.2, 0.25) is 0 Å². The van der Waals surface area contributed by atoms with Crippen LogP contribution in [0.3, 0.4) is 0 Å². The maximum absolute atomic E-state index is 9.31. The molecule has 3 nitrogen and oxygen atoms in total. The first-order chi connectivity index (χ1) is 8.45. The molecule has 1 rings (SSSR count). The van der Waals surface area contributed by atoms with Crippen LogP contribution in [0.5, 0.6) is 0 Å². The molecule has 0 spiro atoms. The first-order valence-electron chi connectivity index (χ1n) is 7.12. The van der Waals surface area contributed by atoms with E-state index in [1.807, 2.05) is 33.8 Å². The average Bonchev–Trinajstić information content (AvgIpc) is 2.43. The molecular weight excluding hydrogens is 239 g/mol. The Morgan fingerprint density at radius 2 is 1.58 bits per heavy atom. The van der Waals surface area contributed by atoms with Crippen LogP contribution < -0.4 is 0 Å². The lowest BCUT2D eigenvalue weighted by Crippen LogP contribution is -2.41. The van der Waals surface area contributed by atoms with Gasteiger partial charge >= 0.3 is 7.12 Å². The highest BCUT2D eigenvalue weighted by Crippen LogP contribution is 2.44. The van der Waals surface area contributed by atoms with Gasteiger partial charge in [0.1, 0.15) is 0 Å². The van der Waals surface area contributed by atoms with Crippen LogP contribution in [-0.4, -0.2) is 30.0 Å². The van der Waals surface area contributed by atoms with Gasteiger partial charge in [0.25, 0.3) is 0 Å². The molecular formula is C15H29BO3. The van der Waals surface area contributed by atoms with E-state index in [4.69, 9.17) is 9.31 Å². The number of aliphatic hydroxyl groups is 1. The summed E-state index contributed by atoms with van der Waals surface area (Å²) < 4.78 is 12.2. The molecule has 0 aromatic rings. The summed E-state index contributed by atoms with van der Waals surface area (Å²) in [6.45, 7) is 16.9. The summed E-state index contributed by atoms with van der Waals surface area (Å²) >= 11 is 0. The highest BCUT2D eigenvalue weighted by molar-refractivity contribution is 6.55. The number of allylic oxidation sites excluding steroid dienone is 1. The molecule has 0 unspecified atom stereocenters. The summed E-state index contributed by atoms with van der Waals surface area (Å²) in [5.41, 5.74) is 0.256. The lowest BCUT2D eigenvalue weighted by atomic mass is 9.59. The van der Waals surface area contributed by atoms with Crippen LogP contribution in [0.15, 0.2) is 11.5 Å². The van der Waals surface area contributed by atoms with Crippen molar-refractivity contribution in [1.82, 2.24) is 0 Å². The van der Waals surface area contributed by atoms with E-state index >= 15 is 0 Å². The Hall–Kier alpha value is -0.315. The maximum Gasteiger partial charge on any atom is 0.490 e. The molecule has 0 saturated carbocycles. The third kappa shape index (κ3) is 3.06. The van der Waals surface area contributed by atoms with Crippen LogP contribution in [0.4, 0.5) is 0 Å². The predicted molar refractivity (Wildman–Crippen MR) is 79.9 cm³/mol. The molecule has 110 valence electrons. The highest BCUT2D eigenvalue weighted by Gasteiger charge is 2.54. The average molecular weight is 268 g/mol. The van der Waals surface area contributed by atoms with Gasteiger partial charge in [0, 0.05) is 0 Å². The molecule has 19 heavy (non-hydrogen) atoms. The van der Waals surface area contributed by atoms with Crippen LogP contribution in [-0.2, 0) is 9.31 Å². The Morgan fingerprint density at radius 1 is 1.16 bits per heavy atom. The smallest absolute Gasteiger partial charge is 0.400 e. The summed E-state index contributed by atoms with van der Waals surface area (Å²) in [6, 6.07) is 0. The van der Waals surface area contributed by atoms with Crippen LogP contribution in [0, 0.1) is 11.3 Å². The molecule has 1 fully saturated rings. The van der Waals surface area contributed by atoms with Gasteiger partial charge in [0.05, 0.1) is 17.8 Å². The largest absolute Gasteiger partial charge is 0.490 e. The molecule has 1 heterocycles. The van der Waals surface area contributed by atoms with Crippen molar-refractivity contribution in [2.75, 3.05) is 6.61 Å². The van der Waals surface area contributed by atoms with Gasteiger partial charge in [-0.2, -0.15) is 0 Å². The maximum atomic E-state index is 9.31. The van der Waals surface area contributed by atoms with Gasteiger partial charge in [0.2, 0.25) is 0 Å². The number of hydrogen-bond acceptors (Lipinski definition) is 3. The molecule has 1 aliphatic rings. The fourth-order valence-electron chi connectivity index (χ4n) is 2.06.